The van der Waals surface area contributed by atoms with Gasteiger partial charge in [0.25, 0.3) is 5.91 Å². The summed E-state index contributed by atoms with van der Waals surface area (Å²) in [6.45, 7) is 1.02. The molecule has 1 saturated heterocycles. The maximum Gasteiger partial charge on any atom is 0.270 e. The van der Waals surface area contributed by atoms with Crippen molar-refractivity contribution in [3.8, 4) is 0 Å². The third-order valence-corrected chi connectivity index (χ3v) is 4.20. The van der Waals surface area contributed by atoms with Gasteiger partial charge in [-0.05, 0) is 18.8 Å². The van der Waals surface area contributed by atoms with E-state index in [9.17, 15) is 4.79 Å². The molecule has 1 amide bonds. The number of hydrogen-bond donors (Lipinski definition) is 2. The monoisotopic (exact) mass is 257 g/mol. The number of carbonyl (C=O) groups is 1. The molecule has 2 bridgehead atoms. The van der Waals surface area contributed by atoms with E-state index in [-0.39, 0.29) is 11.9 Å². The fourth-order valence-electron chi connectivity index (χ4n) is 3.20. The zero-order valence-corrected chi connectivity index (χ0v) is 10.4. The van der Waals surface area contributed by atoms with Gasteiger partial charge in [0.2, 0.25) is 0 Å². The Morgan fingerprint density at radius 2 is 2.37 bits per heavy atom. The maximum atomic E-state index is 12.2. The van der Waals surface area contributed by atoms with Gasteiger partial charge in [0.15, 0.2) is 0 Å². The van der Waals surface area contributed by atoms with Crippen LogP contribution in [0.15, 0.2) is 24.8 Å². The number of imidazole rings is 1. The highest BCUT2D eigenvalue weighted by molar-refractivity contribution is 5.93. The van der Waals surface area contributed by atoms with Gasteiger partial charge in [-0.15, -0.1) is 0 Å². The van der Waals surface area contributed by atoms with Crippen molar-refractivity contribution in [1.82, 2.24) is 25.0 Å². The van der Waals surface area contributed by atoms with Crippen LogP contribution in [0.25, 0.3) is 5.65 Å². The van der Waals surface area contributed by atoms with Gasteiger partial charge < -0.3 is 10.6 Å². The van der Waals surface area contributed by atoms with Crippen LogP contribution in [0.5, 0.6) is 0 Å². The minimum atomic E-state index is -0.0944. The summed E-state index contributed by atoms with van der Waals surface area (Å²) >= 11 is 0. The quantitative estimate of drug-likeness (QED) is 0.807. The standard InChI is InChI=1S/C13H15N5O/c19-13(17-10-4-9-3-8(10)6-15-9)11-5-12-14-1-2-18(12)7-16-11/h1-2,5,7-10,15H,3-4,6H2,(H,17,19)/t8-,9+,10-/m1/s1. The van der Waals surface area contributed by atoms with Crippen molar-refractivity contribution in [2.75, 3.05) is 6.54 Å². The van der Waals surface area contributed by atoms with E-state index in [1.807, 2.05) is 6.20 Å². The van der Waals surface area contributed by atoms with Gasteiger partial charge in [-0.25, -0.2) is 9.97 Å². The molecular weight excluding hydrogens is 242 g/mol. The summed E-state index contributed by atoms with van der Waals surface area (Å²) in [6.07, 6.45) is 7.34. The molecule has 0 radical (unpaired) electrons. The van der Waals surface area contributed by atoms with Gasteiger partial charge in [0.1, 0.15) is 17.7 Å². The Hall–Kier alpha value is -1.95. The summed E-state index contributed by atoms with van der Waals surface area (Å²) < 4.78 is 1.79. The van der Waals surface area contributed by atoms with Gasteiger partial charge >= 0.3 is 0 Å². The topological polar surface area (TPSA) is 71.3 Å². The Morgan fingerprint density at radius 1 is 1.42 bits per heavy atom. The highest BCUT2D eigenvalue weighted by Crippen LogP contribution is 2.31. The van der Waals surface area contributed by atoms with Crippen molar-refractivity contribution in [3.05, 3.63) is 30.5 Å². The lowest BCUT2D eigenvalue weighted by atomic mass is 10.0. The number of nitrogens with zero attached hydrogens (tertiary/aromatic N) is 3. The zero-order valence-electron chi connectivity index (χ0n) is 10.4. The van der Waals surface area contributed by atoms with E-state index >= 15 is 0 Å². The molecule has 1 aliphatic carbocycles. The van der Waals surface area contributed by atoms with Gasteiger partial charge in [0.05, 0.1) is 0 Å². The average molecular weight is 257 g/mol. The van der Waals surface area contributed by atoms with Crippen molar-refractivity contribution < 1.29 is 4.79 Å². The van der Waals surface area contributed by atoms with Crippen LogP contribution in [-0.4, -0.2) is 38.9 Å². The van der Waals surface area contributed by atoms with Gasteiger partial charge in [-0.3, -0.25) is 9.20 Å². The van der Waals surface area contributed by atoms with E-state index in [0.29, 0.717) is 17.7 Å². The Bertz CT molecular complexity index is 637. The molecule has 2 aliphatic rings. The molecule has 2 aromatic heterocycles. The highest BCUT2D eigenvalue weighted by Gasteiger charge is 2.40. The molecule has 19 heavy (non-hydrogen) atoms. The lowest BCUT2D eigenvalue weighted by Crippen LogP contribution is -2.44. The molecule has 0 spiro atoms. The number of amides is 1. The van der Waals surface area contributed by atoms with Crippen molar-refractivity contribution in [2.45, 2.75) is 24.9 Å². The lowest BCUT2D eigenvalue weighted by Gasteiger charge is -2.23. The fourth-order valence-corrected chi connectivity index (χ4v) is 3.20. The molecule has 2 aromatic rings. The first-order valence-electron chi connectivity index (χ1n) is 6.62. The molecule has 6 nitrogen and oxygen atoms in total. The fraction of sp³-hybridized carbons (Fsp3) is 0.462. The van der Waals surface area contributed by atoms with Crippen LogP contribution >= 0.6 is 0 Å². The van der Waals surface area contributed by atoms with Crippen LogP contribution in [0.2, 0.25) is 0 Å². The number of rotatable bonds is 2. The highest BCUT2D eigenvalue weighted by atomic mass is 16.1. The SMILES string of the molecule is O=C(N[C@@H]1C[C@@H]2C[C@@H]1CN2)c1cc2nccn2cn1. The summed E-state index contributed by atoms with van der Waals surface area (Å²) in [6, 6.07) is 2.59. The van der Waals surface area contributed by atoms with Gasteiger partial charge in [0, 0.05) is 37.1 Å². The minimum absolute atomic E-state index is 0.0944. The molecule has 98 valence electrons. The predicted octanol–water partition coefficient (Wildman–Crippen LogP) is 0.209. The average Bonchev–Trinajstić information content (AvgIpc) is 3.13. The Morgan fingerprint density at radius 3 is 3.16 bits per heavy atom. The van der Waals surface area contributed by atoms with Gasteiger partial charge in [-0.1, -0.05) is 0 Å². The summed E-state index contributed by atoms with van der Waals surface area (Å²) in [7, 11) is 0. The first kappa shape index (κ1) is 10.9. The van der Waals surface area contributed by atoms with Crippen molar-refractivity contribution >= 4 is 11.6 Å². The normalized spacial score (nSPS) is 28.9. The minimum Gasteiger partial charge on any atom is -0.348 e. The molecule has 1 saturated carbocycles. The predicted molar refractivity (Wildman–Crippen MR) is 68.8 cm³/mol. The number of hydrogen-bond acceptors (Lipinski definition) is 4. The molecule has 0 unspecified atom stereocenters. The van der Waals surface area contributed by atoms with Crippen LogP contribution in [0, 0.1) is 5.92 Å². The first-order chi connectivity index (χ1) is 9.29. The number of fused-ring (bicyclic) bond motifs is 3. The third-order valence-electron chi connectivity index (χ3n) is 4.20. The second-order valence-electron chi connectivity index (χ2n) is 5.38. The largest absolute Gasteiger partial charge is 0.348 e. The van der Waals surface area contributed by atoms with Crippen molar-refractivity contribution in [1.29, 1.82) is 0 Å². The van der Waals surface area contributed by atoms with Crippen LogP contribution in [0.1, 0.15) is 23.3 Å². The molecule has 0 aromatic carbocycles. The van der Waals surface area contributed by atoms with Crippen molar-refractivity contribution in [2.24, 2.45) is 5.92 Å². The number of aromatic nitrogens is 3. The molecule has 4 rings (SSSR count). The van der Waals surface area contributed by atoms with E-state index in [1.165, 1.54) is 6.42 Å². The molecule has 2 fully saturated rings. The van der Waals surface area contributed by atoms with E-state index < -0.39 is 0 Å². The van der Waals surface area contributed by atoms with E-state index in [2.05, 4.69) is 20.6 Å². The molecule has 2 N–H and O–H groups in total. The smallest absolute Gasteiger partial charge is 0.270 e. The Kier molecular flexibility index (Phi) is 2.32. The van der Waals surface area contributed by atoms with Gasteiger partial charge in [-0.2, -0.15) is 0 Å². The van der Waals surface area contributed by atoms with Crippen LogP contribution < -0.4 is 10.6 Å². The van der Waals surface area contributed by atoms with Crippen LogP contribution in [-0.2, 0) is 0 Å². The summed E-state index contributed by atoms with van der Waals surface area (Å²) in [4.78, 5) is 20.6. The molecule has 1 aliphatic heterocycles. The summed E-state index contributed by atoms with van der Waals surface area (Å²) in [5.74, 6) is 0.479. The Balaban J connectivity index is 1.53. The second kappa shape index (κ2) is 4.03. The van der Waals surface area contributed by atoms with E-state index in [0.717, 1.165) is 18.6 Å². The van der Waals surface area contributed by atoms with Crippen molar-refractivity contribution in [3.63, 3.8) is 0 Å². The lowest BCUT2D eigenvalue weighted by molar-refractivity contribution is 0.0920. The maximum absolute atomic E-state index is 12.2. The number of nitrogens with one attached hydrogen (secondary N) is 2. The molecule has 3 atom stereocenters. The number of piperidine rings is 1. The molecule has 3 heterocycles. The number of carbonyl (C=O) groups excluding carboxylic acids is 1. The Labute approximate surface area is 110 Å². The molecule has 6 heteroatoms. The van der Waals surface area contributed by atoms with E-state index in [1.54, 1.807) is 23.0 Å². The first-order valence-corrected chi connectivity index (χ1v) is 6.62. The molecular formula is C13H15N5O. The third kappa shape index (κ3) is 1.79. The van der Waals surface area contributed by atoms with E-state index in [4.69, 9.17) is 0 Å². The zero-order chi connectivity index (χ0) is 12.8. The summed E-state index contributed by atoms with van der Waals surface area (Å²) in [5.41, 5.74) is 1.18. The van der Waals surface area contributed by atoms with Crippen LogP contribution in [0.3, 0.4) is 0 Å². The summed E-state index contributed by atoms with van der Waals surface area (Å²) in [5, 5.41) is 6.54. The van der Waals surface area contributed by atoms with Crippen LogP contribution in [0.4, 0.5) is 0 Å². The second-order valence-corrected chi connectivity index (χ2v) is 5.38.